The first-order valence-electron chi connectivity index (χ1n) is 10.9. The third-order valence-electron chi connectivity index (χ3n) is 3.46. The van der Waals surface area contributed by atoms with Gasteiger partial charge in [-0.2, -0.15) is 0 Å². The van der Waals surface area contributed by atoms with Gasteiger partial charge in [-0.15, -0.1) is 0 Å². The first-order valence-corrected chi connectivity index (χ1v) is 10.9. The summed E-state index contributed by atoms with van der Waals surface area (Å²) in [6.07, 6.45) is 0.403. The fourth-order valence-corrected chi connectivity index (χ4v) is 1.65. The molecule has 0 unspecified atom stereocenters. The molecule has 0 saturated heterocycles. The first-order chi connectivity index (χ1) is 16.4. The molecule has 0 bridgehead atoms. The highest BCUT2D eigenvalue weighted by Crippen LogP contribution is 2.02. The molecule has 0 atom stereocenters. The zero-order chi connectivity index (χ0) is 26.9. The second-order valence-corrected chi connectivity index (χ2v) is 6.36. The Morgan fingerprint density at radius 3 is 1.21 bits per heavy atom. The molecule has 0 aliphatic heterocycles. The average molecular weight is 513 g/mol. The lowest BCUT2D eigenvalue weighted by Gasteiger charge is -2.17. The van der Waals surface area contributed by atoms with Gasteiger partial charge in [0.05, 0.1) is 59.5 Å². The molecule has 0 aromatic carbocycles. The van der Waals surface area contributed by atoms with Crippen molar-refractivity contribution >= 4 is 0 Å². The monoisotopic (exact) mass is 512 g/mol. The van der Waals surface area contributed by atoms with E-state index in [0.29, 0.717) is 32.5 Å². The Kier molecular flexibility index (Phi) is 47.3. The minimum atomic E-state index is -0.954. The van der Waals surface area contributed by atoms with Gasteiger partial charge in [0.15, 0.2) is 0 Å². The number of rotatable bonds is 19. The van der Waals surface area contributed by atoms with Gasteiger partial charge < -0.3 is 56.2 Å². The Bertz CT molecular complexity index is 296. The molecule has 15 heteroatoms. The maximum absolute atomic E-state index is 8.51. The van der Waals surface area contributed by atoms with Gasteiger partial charge in [0, 0.05) is 45.4 Å². The average Bonchev–Trinajstić information content (AvgIpc) is 2.86. The summed E-state index contributed by atoms with van der Waals surface area (Å²) >= 11 is 0. The van der Waals surface area contributed by atoms with E-state index in [1.54, 1.807) is 4.90 Å². The second-order valence-electron chi connectivity index (χ2n) is 6.36. The van der Waals surface area contributed by atoms with Crippen molar-refractivity contribution in [3.05, 3.63) is 0 Å². The van der Waals surface area contributed by atoms with Crippen LogP contribution in [0, 0.1) is 5.92 Å². The van der Waals surface area contributed by atoms with Crippen LogP contribution in [0.25, 0.3) is 0 Å². The van der Waals surface area contributed by atoms with Crippen LogP contribution in [0.4, 0.5) is 0 Å². The van der Waals surface area contributed by atoms with Gasteiger partial charge in [0.1, 0.15) is 6.10 Å². The van der Waals surface area contributed by atoms with Crippen LogP contribution >= 0.6 is 0 Å². The number of hydrogen-bond donors (Lipinski definition) is 12. The van der Waals surface area contributed by atoms with E-state index in [1.807, 2.05) is 0 Å². The predicted octanol–water partition coefficient (Wildman–Crippen LogP) is -5.62. The van der Waals surface area contributed by atoms with Crippen molar-refractivity contribution < 1.29 is 65.8 Å². The topological polar surface area (TPSA) is 256 Å². The molecule has 34 heavy (non-hydrogen) atoms. The molecule has 212 valence electrons. The van der Waals surface area contributed by atoms with Crippen LogP contribution in [-0.2, 0) is 9.68 Å². The molecular formula is C19H48N2O13. The molecule has 15 nitrogen and oxygen atoms in total. The van der Waals surface area contributed by atoms with Gasteiger partial charge in [0.2, 0.25) is 0 Å². The Morgan fingerprint density at radius 1 is 0.559 bits per heavy atom. The molecule has 12 N–H and O–H groups in total. The van der Waals surface area contributed by atoms with Crippen LogP contribution in [-0.4, -0.2) is 166 Å². The van der Waals surface area contributed by atoms with Crippen LogP contribution in [0.3, 0.4) is 0 Å². The molecule has 0 heterocycles. The standard InChI is InChI=1S/C6H15NO3.C6H14O3.C4H11NO4.C3H8O3/c8-4-1-7(2-5-9)3-6-10;7-3-1-2-6(4-8)5-9;6-1-3-8-5-9-4-2-7;4-1-3(6)2-5/h8-10H,1-6H2;6-9H,1-5H2;5-7H,1-4H2;3-6H,1-2H2. The summed E-state index contributed by atoms with van der Waals surface area (Å²) in [6, 6.07) is 0. The summed E-state index contributed by atoms with van der Waals surface area (Å²) in [7, 11) is 0. The van der Waals surface area contributed by atoms with Crippen LogP contribution in [0.5, 0.6) is 0 Å². The highest BCUT2D eigenvalue weighted by Gasteiger charge is 2.03. The van der Waals surface area contributed by atoms with Gasteiger partial charge in [0.25, 0.3) is 0 Å². The minimum absolute atomic E-state index is 0.0104. The summed E-state index contributed by atoms with van der Waals surface area (Å²) in [5.41, 5.74) is 2.07. The fraction of sp³-hybridized carbons (Fsp3) is 1.00. The molecule has 0 amide bonds. The summed E-state index contributed by atoms with van der Waals surface area (Å²) in [4.78, 5) is 10.7. The van der Waals surface area contributed by atoms with Gasteiger partial charge in [-0.05, 0) is 12.8 Å². The van der Waals surface area contributed by atoms with E-state index in [0.717, 1.165) is 0 Å². The van der Waals surface area contributed by atoms with Crippen molar-refractivity contribution in [1.82, 2.24) is 10.5 Å². The van der Waals surface area contributed by atoms with E-state index in [1.165, 1.54) is 0 Å². The summed E-state index contributed by atoms with van der Waals surface area (Å²) in [6.45, 7) is 1.40. The van der Waals surface area contributed by atoms with E-state index < -0.39 is 6.10 Å². The Hall–Kier alpha value is -0.600. The van der Waals surface area contributed by atoms with E-state index in [2.05, 4.69) is 15.3 Å². The minimum Gasteiger partial charge on any atom is -0.396 e. The molecular weight excluding hydrogens is 464 g/mol. The third kappa shape index (κ3) is 41.6. The molecule has 0 aromatic rings. The van der Waals surface area contributed by atoms with E-state index in [-0.39, 0.29) is 85.2 Å². The van der Waals surface area contributed by atoms with Crippen molar-refractivity contribution in [2.24, 2.45) is 5.92 Å². The Labute approximate surface area is 201 Å². The molecule has 0 aliphatic carbocycles. The third-order valence-corrected chi connectivity index (χ3v) is 3.46. The second kappa shape index (κ2) is 39.6. The lowest BCUT2D eigenvalue weighted by atomic mass is 10.1. The molecule has 0 saturated carbocycles. The van der Waals surface area contributed by atoms with Crippen molar-refractivity contribution in [2.45, 2.75) is 18.9 Å². The SMILES string of the molecule is OCC(O)CO.OCCCC(CO)CO.OCCN(CCO)CCO.OCCONOCCO. The molecule has 0 spiro atoms. The molecule has 0 aliphatic rings. The normalized spacial score (nSPS) is 10.4. The Morgan fingerprint density at radius 2 is 0.971 bits per heavy atom. The van der Waals surface area contributed by atoms with Gasteiger partial charge in [-0.25, -0.2) is 0 Å². The fourth-order valence-electron chi connectivity index (χ4n) is 1.65. The number of aliphatic hydroxyl groups excluding tert-OH is 11. The first kappa shape index (κ1) is 40.6. The molecule has 0 radical (unpaired) electrons. The molecule has 0 rings (SSSR count). The van der Waals surface area contributed by atoms with Gasteiger partial charge in [-0.1, -0.05) is 5.64 Å². The number of aliphatic hydroxyl groups is 11. The smallest absolute Gasteiger partial charge is 0.100 e. The quantitative estimate of drug-likeness (QED) is 0.0569. The van der Waals surface area contributed by atoms with Crippen molar-refractivity contribution in [1.29, 1.82) is 0 Å². The number of hydrogen-bond acceptors (Lipinski definition) is 15. The highest BCUT2D eigenvalue weighted by molar-refractivity contribution is 4.54. The van der Waals surface area contributed by atoms with Gasteiger partial charge >= 0.3 is 0 Å². The van der Waals surface area contributed by atoms with Crippen molar-refractivity contribution in [3.8, 4) is 0 Å². The van der Waals surface area contributed by atoms with E-state index in [4.69, 9.17) is 56.2 Å². The zero-order valence-electron chi connectivity index (χ0n) is 19.9. The predicted molar refractivity (Wildman–Crippen MR) is 121 cm³/mol. The van der Waals surface area contributed by atoms with Crippen LogP contribution in [0.1, 0.15) is 12.8 Å². The summed E-state index contributed by atoms with van der Waals surface area (Å²) in [5.74, 6) is -0.0443. The zero-order valence-corrected chi connectivity index (χ0v) is 19.9. The van der Waals surface area contributed by atoms with E-state index >= 15 is 0 Å². The summed E-state index contributed by atoms with van der Waals surface area (Å²) in [5, 5.41) is 91.1. The molecule has 0 aromatic heterocycles. The maximum Gasteiger partial charge on any atom is 0.100 e. The number of nitrogens with one attached hydrogen (secondary N) is 1. The largest absolute Gasteiger partial charge is 0.396 e. The van der Waals surface area contributed by atoms with Crippen molar-refractivity contribution in [3.63, 3.8) is 0 Å². The van der Waals surface area contributed by atoms with Gasteiger partial charge in [-0.3, -0.25) is 14.6 Å². The van der Waals surface area contributed by atoms with Crippen LogP contribution < -0.4 is 5.64 Å². The lowest BCUT2D eigenvalue weighted by Crippen LogP contribution is -2.32. The summed E-state index contributed by atoms with van der Waals surface area (Å²) < 4.78 is 0. The Balaban J connectivity index is -0.000000179. The molecule has 0 fully saturated rings. The highest BCUT2D eigenvalue weighted by atomic mass is 16.9. The van der Waals surface area contributed by atoms with Crippen molar-refractivity contribution in [2.75, 3.05) is 98.9 Å². The van der Waals surface area contributed by atoms with E-state index in [9.17, 15) is 0 Å². The number of nitrogens with zero attached hydrogens (tertiary/aromatic N) is 1. The van der Waals surface area contributed by atoms with Crippen LogP contribution in [0.2, 0.25) is 0 Å². The van der Waals surface area contributed by atoms with Crippen LogP contribution in [0.15, 0.2) is 0 Å². The maximum atomic E-state index is 8.51. The lowest BCUT2D eigenvalue weighted by molar-refractivity contribution is -0.178.